The van der Waals surface area contributed by atoms with Crippen molar-refractivity contribution in [3.05, 3.63) is 54.1 Å². The van der Waals surface area contributed by atoms with Crippen molar-refractivity contribution < 1.29 is 4.79 Å². The molecule has 0 saturated carbocycles. The first-order chi connectivity index (χ1) is 9.75. The van der Waals surface area contributed by atoms with Gasteiger partial charge in [-0.05, 0) is 5.56 Å². The van der Waals surface area contributed by atoms with Crippen LogP contribution in [0.4, 0.5) is 0 Å². The van der Waals surface area contributed by atoms with Gasteiger partial charge >= 0.3 is 0 Å². The smallest absolute Gasteiger partial charge is 0.289 e. The van der Waals surface area contributed by atoms with Gasteiger partial charge in [-0.25, -0.2) is 4.98 Å². The van der Waals surface area contributed by atoms with Gasteiger partial charge in [-0.1, -0.05) is 30.3 Å². The van der Waals surface area contributed by atoms with E-state index in [1.54, 1.807) is 17.0 Å². The molecule has 1 aromatic carbocycles. The lowest BCUT2D eigenvalue weighted by molar-refractivity contribution is 0.0745. The zero-order valence-corrected chi connectivity index (χ0v) is 12.2. The number of amides is 1. The number of hydrogen-bond acceptors (Lipinski definition) is 3. The van der Waals surface area contributed by atoms with Gasteiger partial charge in [0.05, 0.1) is 0 Å². The molecule has 0 N–H and O–H groups in total. The Morgan fingerprint density at radius 3 is 2.85 bits per heavy atom. The first kappa shape index (κ1) is 13.2. The van der Waals surface area contributed by atoms with Gasteiger partial charge < -0.3 is 9.47 Å². The third-order valence-electron chi connectivity index (χ3n) is 3.54. The molecule has 3 rings (SSSR count). The predicted molar refractivity (Wildman–Crippen MR) is 80.8 cm³/mol. The summed E-state index contributed by atoms with van der Waals surface area (Å²) in [6.07, 6.45) is 3.47. The summed E-state index contributed by atoms with van der Waals surface area (Å²) in [5.41, 5.74) is 1.29. The monoisotopic (exact) mass is 287 g/mol. The molecule has 1 aromatic heterocycles. The van der Waals surface area contributed by atoms with E-state index in [1.165, 1.54) is 5.56 Å². The van der Waals surface area contributed by atoms with Crippen LogP contribution < -0.4 is 0 Å². The Labute approximate surface area is 122 Å². The number of nitrogens with zero attached hydrogens (tertiary/aromatic N) is 3. The summed E-state index contributed by atoms with van der Waals surface area (Å²) in [5, 5.41) is 0.356. The molecule has 0 spiro atoms. The van der Waals surface area contributed by atoms with Gasteiger partial charge in [-0.3, -0.25) is 4.79 Å². The molecule has 20 heavy (non-hydrogen) atoms. The number of benzene rings is 1. The maximum absolute atomic E-state index is 12.5. The Hall–Kier alpha value is -1.75. The molecule has 1 amide bonds. The van der Waals surface area contributed by atoms with Crippen molar-refractivity contribution >= 4 is 17.7 Å². The van der Waals surface area contributed by atoms with Gasteiger partial charge in [0.25, 0.3) is 5.91 Å². The minimum Gasteiger partial charge on any atom is -0.334 e. The van der Waals surface area contributed by atoms with E-state index >= 15 is 0 Å². The van der Waals surface area contributed by atoms with Gasteiger partial charge in [-0.2, -0.15) is 11.8 Å². The fraction of sp³-hybridized carbons (Fsp3) is 0.333. The Balaban J connectivity index is 1.76. The fourth-order valence-corrected chi connectivity index (χ4v) is 3.66. The molecule has 1 fully saturated rings. The highest BCUT2D eigenvalue weighted by atomic mass is 32.2. The van der Waals surface area contributed by atoms with E-state index in [0.29, 0.717) is 11.1 Å². The molecule has 1 unspecified atom stereocenters. The van der Waals surface area contributed by atoms with Crippen LogP contribution >= 0.6 is 11.8 Å². The van der Waals surface area contributed by atoms with Crippen molar-refractivity contribution in [3.8, 4) is 0 Å². The maximum Gasteiger partial charge on any atom is 0.289 e. The number of carbonyl (C=O) groups excluding carboxylic acids is 1. The van der Waals surface area contributed by atoms with Crippen molar-refractivity contribution in [1.29, 1.82) is 0 Å². The van der Waals surface area contributed by atoms with Gasteiger partial charge in [0.15, 0.2) is 5.82 Å². The van der Waals surface area contributed by atoms with Crippen LogP contribution in [0.5, 0.6) is 0 Å². The van der Waals surface area contributed by atoms with Crippen molar-refractivity contribution in [3.63, 3.8) is 0 Å². The number of imidazole rings is 1. The average molecular weight is 287 g/mol. The number of carbonyl (C=O) groups is 1. The molecule has 1 saturated heterocycles. The van der Waals surface area contributed by atoms with Crippen LogP contribution in [0.1, 0.15) is 21.4 Å². The average Bonchev–Trinajstić information content (AvgIpc) is 2.94. The lowest BCUT2D eigenvalue weighted by Gasteiger charge is -2.32. The van der Waals surface area contributed by atoms with E-state index in [-0.39, 0.29) is 5.91 Å². The van der Waals surface area contributed by atoms with Crippen molar-refractivity contribution in [1.82, 2.24) is 14.5 Å². The summed E-state index contributed by atoms with van der Waals surface area (Å²) in [7, 11) is 1.85. The van der Waals surface area contributed by atoms with Crippen LogP contribution in [0, 0.1) is 0 Å². The largest absolute Gasteiger partial charge is 0.334 e. The molecule has 1 aliphatic rings. The minimum atomic E-state index is 0.0266. The highest BCUT2D eigenvalue weighted by Crippen LogP contribution is 2.33. The second kappa shape index (κ2) is 5.71. The van der Waals surface area contributed by atoms with Crippen LogP contribution in [-0.2, 0) is 7.05 Å². The predicted octanol–water partition coefficient (Wildman–Crippen LogP) is 2.35. The van der Waals surface area contributed by atoms with Crippen molar-refractivity contribution in [2.24, 2.45) is 7.05 Å². The van der Waals surface area contributed by atoms with E-state index in [9.17, 15) is 4.79 Å². The maximum atomic E-state index is 12.5. The zero-order chi connectivity index (χ0) is 13.9. The normalized spacial score (nSPS) is 19.1. The summed E-state index contributed by atoms with van der Waals surface area (Å²) < 4.78 is 1.78. The SMILES string of the molecule is Cn1ccnc1C(=O)N1CCSC(c2ccccc2)C1. The molecule has 4 nitrogen and oxygen atoms in total. The van der Waals surface area contributed by atoms with Crippen LogP contribution in [0.2, 0.25) is 0 Å². The number of hydrogen-bond donors (Lipinski definition) is 0. The van der Waals surface area contributed by atoms with E-state index in [2.05, 4.69) is 29.2 Å². The second-order valence-electron chi connectivity index (χ2n) is 4.88. The standard InChI is InChI=1S/C15H17N3OS/c1-17-8-7-16-14(17)15(19)18-9-10-20-13(11-18)12-5-3-2-4-6-12/h2-8,13H,9-11H2,1H3. The second-order valence-corrected chi connectivity index (χ2v) is 6.19. The van der Waals surface area contributed by atoms with E-state index in [1.807, 2.05) is 29.8 Å². The molecule has 2 heterocycles. The lowest BCUT2D eigenvalue weighted by atomic mass is 10.1. The van der Waals surface area contributed by atoms with E-state index in [0.717, 1.165) is 18.8 Å². The number of rotatable bonds is 2. The van der Waals surface area contributed by atoms with Gasteiger partial charge in [0, 0.05) is 43.5 Å². The summed E-state index contributed by atoms with van der Waals surface area (Å²) >= 11 is 1.92. The molecule has 1 aliphatic heterocycles. The third kappa shape index (κ3) is 2.58. The van der Waals surface area contributed by atoms with E-state index in [4.69, 9.17) is 0 Å². The molecule has 1 atom stereocenters. The minimum absolute atomic E-state index is 0.0266. The summed E-state index contributed by atoms with van der Waals surface area (Å²) in [6.45, 7) is 1.54. The molecule has 0 radical (unpaired) electrons. The first-order valence-corrected chi connectivity index (χ1v) is 7.74. The van der Waals surface area contributed by atoms with Crippen LogP contribution in [0.15, 0.2) is 42.7 Å². The molecular formula is C15H17N3OS. The molecular weight excluding hydrogens is 270 g/mol. The van der Waals surface area contributed by atoms with Crippen molar-refractivity contribution in [2.45, 2.75) is 5.25 Å². The molecule has 0 aliphatic carbocycles. The summed E-state index contributed by atoms with van der Waals surface area (Å²) in [6, 6.07) is 10.4. The quantitative estimate of drug-likeness (QED) is 0.851. The van der Waals surface area contributed by atoms with Crippen LogP contribution in [-0.4, -0.2) is 39.2 Å². The molecule has 5 heteroatoms. The number of thioether (sulfide) groups is 1. The fourth-order valence-electron chi connectivity index (χ4n) is 2.42. The third-order valence-corrected chi connectivity index (χ3v) is 4.78. The Morgan fingerprint density at radius 1 is 1.35 bits per heavy atom. The van der Waals surface area contributed by atoms with E-state index < -0.39 is 0 Å². The molecule has 2 aromatic rings. The lowest BCUT2D eigenvalue weighted by Crippen LogP contribution is -2.40. The van der Waals surface area contributed by atoms with Gasteiger partial charge in [0.2, 0.25) is 0 Å². The van der Waals surface area contributed by atoms with Crippen LogP contribution in [0.25, 0.3) is 0 Å². The highest BCUT2D eigenvalue weighted by molar-refractivity contribution is 7.99. The van der Waals surface area contributed by atoms with Crippen molar-refractivity contribution in [2.75, 3.05) is 18.8 Å². The molecule has 0 bridgehead atoms. The summed E-state index contributed by atoms with van der Waals surface area (Å²) in [4.78, 5) is 18.6. The Bertz CT molecular complexity index is 596. The number of aromatic nitrogens is 2. The Morgan fingerprint density at radius 2 is 2.15 bits per heavy atom. The van der Waals surface area contributed by atoms with Gasteiger partial charge in [0.1, 0.15) is 0 Å². The molecule has 104 valence electrons. The van der Waals surface area contributed by atoms with Crippen LogP contribution in [0.3, 0.4) is 0 Å². The number of aryl methyl sites for hydroxylation is 1. The summed E-state index contributed by atoms with van der Waals surface area (Å²) in [5.74, 6) is 1.51. The van der Waals surface area contributed by atoms with Gasteiger partial charge in [-0.15, -0.1) is 0 Å². The first-order valence-electron chi connectivity index (χ1n) is 6.69. The topological polar surface area (TPSA) is 38.1 Å². The highest BCUT2D eigenvalue weighted by Gasteiger charge is 2.27. The Kier molecular flexibility index (Phi) is 3.78. The zero-order valence-electron chi connectivity index (χ0n) is 11.4.